The maximum Gasteiger partial charge on any atom is 0.253 e. The van der Waals surface area contributed by atoms with E-state index in [-0.39, 0.29) is 5.91 Å². The van der Waals surface area contributed by atoms with Crippen molar-refractivity contribution in [3.8, 4) is 0 Å². The van der Waals surface area contributed by atoms with E-state index in [0.29, 0.717) is 19.7 Å². The molecular formula is C21H21N3O2S. The summed E-state index contributed by atoms with van der Waals surface area (Å²) in [5, 5.41) is 3.24. The van der Waals surface area contributed by atoms with E-state index in [2.05, 4.69) is 27.4 Å². The highest BCUT2D eigenvalue weighted by Crippen LogP contribution is 2.28. The second-order valence-corrected chi connectivity index (χ2v) is 8.03. The third-order valence-corrected chi connectivity index (χ3v) is 6.45. The van der Waals surface area contributed by atoms with E-state index < -0.39 is 6.10 Å². The number of nitrogens with zero attached hydrogens (tertiary/aromatic N) is 3. The first-order valence-electron chi connectivity index (χ1n) is 9.34. The van der Waals surface area contributed by atoms with Crippen LogP contribution in [0.1, 0.15) is 10.4 Å². The number of hydrogen-bond acceptors (Lipinski definition) is 5. The molecule has 3 aromatic rings. The summed E-state index contributed by atoms with van der Waals surface area (Å²) in [5.41, 5.74) is 3.39. The van der Waals surface area contributed by atoms with E-state index in [4.69, 9.17) is 4.74 Å². The number of amides is 1. The van der Waals surface area contributed by atoms with Crippen molar-refractivity contribution in [1.29, 1.82) is 0 Å². The number of aromatic nitrogens is 1. The van der Waals surface area contributed by atoms with E-state index >= 15 is 0 Å². The SMILES string of the molecule is O=C(C1CN(c2ccnc3ccccc23)CCO1)N1CCc2sccc2C1. The van der Waals surface area contributed by atoms with Crippen molar-refractivity contribution in [2.75, 3.05) is 31.1 Å². The number of carbonyl (C=O) groups is 1. The summed E-state index contributed by atoms with van der Waals surface area (Å²) >= 11 is 1.79. The summed E-state index contributed by atoms with van der Waals surface area (Å²) in [4.78, 5) is 23.2. The number of fused-ring (bicyclic) bond motifs is 2. The van der Waals surface area contributed by atoms with Crippen LogP contribution in [-0.2, 0) is 22.5 Å². The summed E-state index contributed by atoms with van der Waals surface area (Å²) in [6.07, 6.45) is 2.38. The van der Waals surface area contributed by atoms with Gasteiger partial charge in [0.05, 0.1) is 18.7 Å². The van der Waals surface area contributed by atoms with Crippen molar-refractivity contribution in [2.24, 2.45) is 0 Å². The van der Waals surface area contributed by atoms with Gasteiger partial charge in [-0.05, 0) is 35.6 Å². The highest BCUT2D eigenvalue weighted by Gasteiger charge is 2.32. The molecule has 0 saturated carbocycles. The number of hydrogen-bond donors (Lipinski definition) is 0. The standard InChI is InChI=1S/C21H21N3O2S/c25-21(24-9-6-20-15(13-24)7-12-27-20)19-14-23(10-11-26-19)18-5-8-22-17-4-2-1-3-16(17)18/h1-5,7-8,12,19H,6,9-11,13-14H2. The van der Waals surface area contributed by atoms with Crippen molar-refractivity contribution < 1.29 is 9.53 Å². The normalized spacial score (nSPS) is 19.9. The first kappa shape index (κ1) is 16.7. The number of morpholine rings is 1. The minimum absolute atomic E-state index is 0.106. The Morgan fingerprint density at radius 1 is 1.19 bits per heavy atom. The van der Waals surface area contributed by atoms with Gasteiger partial charge in [0.25, 0.3) is 5.91 Å². The Bertz CT molecular complexity index is 981. The van der Waals surface area contributed by atoms with Gasteiger partial charge in [-0.25, -0.2) is 0 Å². The molecule has 0 N–H and O–H groups in total. The van der Waals surface area contributed by atoms with E-state index in [1.807, 2.05) is 35.4 Å². The molecule has 1 atom stereocenters. The third kappa shape index (κ3) is 3.09. The monoisotopic (exact) mass is 379 g/mol. The average Bonchev–Trinajstić information content (AvgIpc) is 3.21. The van der Waals surface area contributed by atoms with Crippen LogP contribution >= 0.6 is 11.3 Å². The second kappa shape index (κ2) is 6.94. The Kier molecular flexibility index (Phi) is 4.30. The Hall–Kier alpha value is -2.44. The minimum atomic E-state index is -0.411. The highest BCUT2D eigenvalue weighted by molar-refractivity contribution is 7.10. The zero-order chi connectivity index (χ0) is 18.2. The van der Waals surface area contributed by atoms with Gasteiger partial charge in [0.15, 0.2) is 6.10 Å². The lowest BCUT2D eigenvalue weighted by Gasteiger charge is -2.37. The number of rotatable bonds is 2. The van der Waals surface area contributed by atoms with Crippen LogP contribution < -0.4 is 4.90 Å². The molecule has 0 bridgehead atoms. The lowest BCUT2D eigenvalue weighted by molar-refractivity contribution is -0.145. The minimum Gasteiger partial charge on any atom is -0.365 e. The molecule has 0 radical (unpaired) electrons. The number of carbonyl (C=O) groups excluding carboxylic acids is 1. The van der Waals surface area contributed by atoms with Gasteiger partial charge in [0.1, 0.15) is 0 Å². The molecule has 27 heavy (non-hydrogen) atoms. The molecular weight excluding hydrogens is 358 g/mol. The highest BCUT2D eigenvalue weighted by atomic mass is 32.1. The van der Waals surface area contributed by atoms with Crippen LogP contribution in [0.4, 0.5) is 5.69 Å². The quantitative estimate of drug-likeness (QED) is 0.686. The number of benzene rings is 1. The van der Waals surface area contributed by atoms with Crippen LogP contribution in [0.15, 0.2) is 48.0 Å². The second-order valence-electron chi connectivity index (χ2n) is 7.03. The fourth-order valence-corrected chi connectivity index (χ4v) is 4.90. The number of pyridine rings is 1. The van der Waals surface area contributed by atoms with Crippen molar-refractivity contribution >= 4 is 33.8 Å². The van der Waals surface area contributed by atoms with E-state index in [1.165, 1.54) is 10.4 Å². The molecule has 1 aromatic carbocycles. The number of thiophene rings is 1. The van der Waals surface area contributed by atoms with Crippen LogP contribution in [0.25, 0.3) is 10.9 Å². The molecule has 1 fully saturated rings. The maximum atomic E-state index is 13.1. The van der Waals surface area contributed by atoms with Gasteiger partial charge in [-0.3, -0.25) is 9.78 Å². The first-order chi connectivity index (χ1) is 13.3. The molecule has 5 nitrogen and oxygen atoms in total. The van der Waals surface area contributed by atoms with Gasteiger partial charge in [-0.1, -0.05) is 18.2 Å². The van der Waals surface area contributed by atoms with Crippen molar-refractivity contribution in [3.05, 3.63) is 58.4 Å². The number of para-hydroxylation sites is 1. The van der Waals surface area contributed by atoms with E-state index in [1.54, 1.807) is 11.3 Å². The largest absolute Gasteiger partial charge is 0.365 e. The Morgan fingerprint density at radius 2 is 2.11 bits per heavy atom. The van der Waals surface area contributed by atoms with Crippen molar-refractivity contribution in [3.63, 3.8) is 0 Å². The van der Waals surface area contributed by atoms with Gasteiger partial charge >= 0.3 is 0 Å². The Labute approximate surface area is 162 Å². The summed E-state index contributed by atoms with van der Waals surface area (Å²) in [7, 11) is 0. The zero-order valence-electron chi connectivity index (χ0n) is 15.0. The molecule has 0 spiro atoms. The molecule has 2 aromatic heterocycles. The Balaban J connectivity index is 1.36. The molecule has 4 heterocycles. The Morgan fingerprint density at radius 3 is 3.07 bits per heavy atom. The average molecular weight is 379 g/mol. The topological polar surface area (TPSA) is 45.7 Å². The molecule has 138 valence electrons. The first-order valence-corrected chi connectivity index (χ1v) is 10.2. The fraction of sp³-hybridized carbons (Fsp3) is 0.333. The van der Waals surface area contributed by atoms with Gasteiger partial charge in [-0.15, -0.1) is 11.3 Å². The van der Waals surface area contributed by atoms with Crippen LogP contribution in [0.3, 0.4) is 0 Å². The molecule has 5 rings (SSSR count). The summed E-state index contributed by atoms with van der Waals surface area (Å²) in [6, 6.07) is 12.3. The molecule has 2 aliphatic rings. The molecule has 2 aliphatic heterocycles. The van der Waals surface area contributed by atoms with Gasteiger partial charge in [0.2, 0.25) is 0 Å². The molecule has 1 amide bonds. The number of anilines is 1. The fourth-order valence-electron chi connectivity index (χ4n) is 4.01. The van der Waals surface area contributed by atoms with Gasteiger partial charge in [0, 0.05) is 41.8 Å². The summed E-state index contributed by atoms with van der Waals surface area (Å²) in [6.45, 7) is 3.41. The van der Waals surface area contributed by atoms with Crippen LogP contribution in [0.2, 0.25) is 0 Å². The van der Waals surface area contributed by atoms with Crippen molar-refractivity contribution in [2.45, 2.75) is 19.1 Å². The number of ether oxygens (including phenoxy) is 1. The lowest BCUT2D eigenvalue weighted by Crippen LogP contribution is -2.52. The van der Waals surface area contributed by atoms with Crippen LogP contribution in [0.5, 0.6) is 0 Å². The smallest absolute Gasteiger partial charge is 0.253 e. The predicted molar refractivity (Wildman–Crippen MR) is 107 cm³/mol. The predicted octanol–water partition coefficient (Wildman–Crippen LogP) is 3.09. The van der Waals surface area contributed by atoms with Crippen LogP contribution in [0, 0.1) is 0 Å². The molecule has 6 heteroatoms. The summed E-state index contributed by atoms with van der Waals surface area (Å²) < 4.78 is 5.88. The summed E-state index contributed by atoms with van der Waals surface area (Å²) in [5.74, 6) is 0.106. The molecule has 1 unspecified atom stereocenters. The van der Waals surface area contributed by atoms with Gasteiger partial charge in [-0.2, -0.15) is 0 Å². The van der Waals surface area contributed by atoms with E-state index in [9.17, 15) is 4.79 Å². The third-order valence-electron chi connectivity index (χ3n) is 5.43. The lowest BCUT2D eigenvalue weighted by atomic mass is 10.1. The maximum absolute atomic E-state index is 13.1. The molecule has 1 saturated heterocycles. The molecule has 0 aliphatic carbocycles. The van der Waals surface area contributed by atoms with Crippen molar-refractivity contribution in [1.82, 2.24) is 9.88 Å². The zero-order valence-corrected chi connectivity index (χ0v) is 15.8. The van der Waals surface area contributed by atoms with Gasteiger partial charge < -0.3 is 14.5 Å². The van der Waals surface area contributed by atoms with E-state index in [0.717, 1.165) is 36.1 Å². The van der Waals surface area contributed by atoms with Crippen LogP contribution in [-0.4, -0.2) is 48.1 Å².